The molecule has 0 aromatic heterocycles. The van der Waals surface area contributed by atoms with Gasteiger partial charge in [-0.05, 0) is 36.0 Å². The molecule has 1 heterocycles. The molecule has 1 saturated heterocycles. The first-order valence-corrected chi connectivity index (χ1v) is 9.64. The second-order valence-electron chi connectivity index (χ2n) is 8.66. The minimum absolute atomic E-state index is 0.706. The Labute approximate surface area is 138 Å². The highest BCUT2D eigenvalue weighted by molar-refractivity contribution is 6.73. The molecule has 0 spiro atoms. The smallest absolute Gasteiger partial charge is 0.0801 e. The average Bonchev–Trinajstić information content (AvgIpc) is 2.57. The van der Waals surface area contributed by atoms with E-state index in [-0.39, 0.29) is 0 Å². The molecular weight excluding hydrogens is 263 g/mol. The minimum Gasteiger partial charge on any atom is -0.0801 e. The number of benzene rings is 1. The maximum Gasteiger partial charge on any atom is 0.175 e. The third-order valence-corrected chi connectivity index (χ3v) is 7.08. The number of hydrogen-bond donors (Lipinski definition) is 0. The van der Waals surface area contributed by atoms with Crippen molar-refractivity contribution in [3.8, 4) is 0 Å². The summed E-state index contributed by atoms with van der Waals surface area (Å²) in [4.78, 5) is 0. The molecule has 120 valence electrons. The van der Waals surface area contributed by atoms with Crippen LogP contribution in [0.2, 0.25) is 12.6 Å². The van der Waals surface area contributed by atoms with E-state index in [1.807, 2.05) is 0 Å². The summed E-state index contributed by atoms with van der Waals surface area (Å²) in [6.45, 7) is 8.21. The maximum atomic E-state index is 2.46. The van der Waals surface area contributed by atoms with E-state index in [2.05, 4.69) is 51.1 Å². The lowest BCUT2D eigenvalue weighted by Gasteiger charge is -2.59. The molecule has 22 heavy (non-hydrogen) atoms. The molecule has 4 aliphatic rings. The quantitative estimate of drug-likeness (QED) is 0.587. The van der Waals surface area contributed by atoms with Crippen LogP contribution in [0.25, 0.3) is 0 Å². The van der Waals surface area contributed by atoms with Crippen molar-refractivity contribution in [2.75, 3.05) is 0 Å². The van der Waals surface area contributed by atoms with Crippen LogP contribution in [0.1, 0.15) is 59.3 Å². The zero-order valence-corrected chi connectivity index (χ0v) is 14.9. The van der Waals surface area contributed by atoms with Crippen LogP contribution < -0.4 is 5.46 Å². The summed E-state index contributed by atoms with van der Waals surface area (Å²) in [5, 5.41) is 0. The molecule has 1 aromatic rings. The fourth-order valence-corrected chi connectivity index (χ4v) is 5.34. The normalized spacial score (nSPS) is 32.5. The molecule has 0 N–H and O–H groups in total. The Hall–Kier alpha value is -0.715. The van der Waals surface area contributed by atoms with Gasteiger partial charge in [-0.15, -0.1) is 0 Å². The van der Waals surface area contributed by atoms with Gasteiger partial charge in [0.05, 0.1) is 0 Å². The van der Waals surface area contributed by atoms with E-state index in [0.717, 1.165) is 24.5 Å². The molecule has 1 heteroatoms. The molecule has 2 bridgehead atoms. The van der Waals surface area contributed by atoms with E-state index < -0.39 is 0 Å². The van der Waals surface area contributed by atoms with E-state index in [4.69, 9.17) is 0 Å². The minimum atomic E-state index is 0.706. The summed E-state index contributed by atoms with van der Waals surface area (Å²) in [7, 11) is 0. The lowest BCUT2D eigenvalue weighted by molar-refractivity contribution is -0.0988. The molecule has 0 radical (unpaired) electrons. The summed E-state index contributed by atoms with van der Waals surface area (Å²) in [6.07, 6.45) is 11.7. The Kier molecular flexibility index (Phi) is 5.00. The van der Waals surface area contributed by atoms with Crippen LogP contribution in [0, 0.1) is 23.2 Å². The van der Waals surface area contributed by atoms with Gasteiger partial charge in [0, 0.05) is 0 Å². The van der Waals surface area contributed by atoms with Gasteiger partial charge in [-0.2, -0.15) is 0 Å². The molecule has 5 rings (SSSR count). The predicted molar refractivity (Wildman–Crippen MR) is 99.1 cm³/mol. The largest absolute Gasteiger partial charge is 0.175 e. The fourth-order valence-electron chi connectivity index (χ4n) is 5.34. The molecule has 0 amide bonds. The third-order valence-electron chi connectivity index (χ3n) is 7.08. The summed E-state index contributed by atoms with van der Waals surface area (Å²) in [5.74, 6) is 3.15. The molecule has 0 nitrogen and oxygen atoms in total. The van der Waals surface area contributed by atoms with Crippen molar-refractivity contribution >= 4 is 12.2 Å². The van der Waals surface area contributed by atoms with Crippen LogP contribution in [0.5, 0.6) is 0 Å². The van der Waals surface area contributed by atoms with Gasteiger partial charge in [0.1, 0.15) is 0 Å². The van der Waals surface area contributed by atoms with Gasteiger partial charge >= 0.3 is 0 Å². The fraction of sp³-hybridized carbons (Fsp3) is 0.714. The Bertz CT molecular complexity index is 456. The van der Waals surface area contributed by atoms with Crippen LogP contribution in [-0.2, 0) is 0 Å². The third kappa shape index (κ3) is 3.29. The Morgan fingerprint density at radius 1 is 0.955 bits per heavy atom. The SMILES string of the molecule is CC1CCC2CC1C2(C)C.c1ccc(B2CCCCC2)cc1. The number of rotatable bonds is 1. The number of hydrogen-bond acceptors (Lipinski definition) is 0. The lowest BCUT2D eigenvalue weighted by atomic mass is 9.38. The summed E-state index contributed by atoms with van der Waals surface area (Å²) in [6, 6.07) is 11.0. The van der Waals surface area contributed by atoms with Crippen molar-refractivity contribution in [2.24, 2.45) is 23.2 Å². The van der Waals surface area contributed by atoms with Crippen LogP contribution in [0.4, 0.5) is 0 Å². The summed E-state index contributed by atoms with van der Waals surface area (Å²) < 4.78 is 0. The summed E-state index contributed by atoms with van der Waals surface area (Å²) in [5.41, 5.74) is 2.26. The first-order valence-electron chi connectivity index (χ1n) is 9.64. The van der Waals surface area contributed by atoms with Gasteiger partial charge < -0.3 is 0 Å². The topological polar surface area (TPSA) is 0 Å². The summed E-state index contributed by atoms with van der Waals surface area (Å²) >= 11 is 0. The molecule has 3 atom stereocenters. The Morgan fingerprint density at radius 3 is 2.14 bits per heavy atom. The highest BCUT2D eigenvalue weighted by Gasteiger charge is 2.52. The average molecular weight is 296 g/mol. The van der Waals surface area contributed by atoms with Gasteiger partial charge in [-0.3, -0.25) is 0 Å². The van der Waals surface area contributed by atoms with Gasteiger partial charge in [0.15, 0.2) is 6.71 Å². The van der Waals surface area contributed by atoms with E-state index in [1.165, 1.54) is 51.2 Å². The van der Waals surface area contributed by atoms with Gasteiger partial charge in [-0.1, -0.05) is 94.9 Å². The van der Waals surface area contributed by atoms with E-state index in [0.29, 0.717) is 5.41 Å². The molecule has 3 unspecified atom stereocenters. The molecule has 1 aromatic carbocycles. The number of fused-ring (bicyclic) bond motifs is 2. The van der Waals surface area contributed by atoms with Crippen LogP contribution in [0.15, 0.2) is 30.3 Å². The highest BCUT2D eigenvalue weighted by atomic mass is 14.6. The maximum absolute atomic E-state index is 2.46. The molecule has 3 aliphatic carbocycles. The standard InChI is InChI=1S/C11H15B.C10H18/c1-3-7-11(8-4-1)12-9-5-2-6-10-12;1-7-4-5-8-6-9(7)10(8,2)3/h1,3-4,7-8H,2,5-6,9-10H2;7-9H,4-6H2,1-3H3. The molecule has 3 saturated carbocycles. The Balaban J connectivity index is 0.000000133. The van der Waals surface area contributed by atoms with E-state index >= 15 is 0 Å². The zero-order valence-electron chi connectivity index (χ0n) is 14.9. The lowest BCUT2D eigenvalue weighted by Crippen LogP contribution is -2.51. The predicted octanol–water partition coefficient (Wildman–Crippen LogP) is 5.65. The van der Waals surface area contributed by atoms with Gasteiger partial charge in [-0.25, -0.2) is 0 Å². The second kappa shape index (κ2) is 6.81. The zero-order chi connectivity index (χ0) is 15.6. The molecule has 4 fully saturated rings. The molecular formula is C21H33B. The Morgan fingerprint density at radius 2 is 1.64 bits per heavy atom. The van der Waals surface area contributed by atoms with Crippen molar-refractivity contribution in [1.29, 1.82) is 0 Å². The van der Waals surface area contributed by atoms with Crippen molar-refractivity contribution < 1.29 is 0 Å². The van der Waals surface area contributed by atoms with Crippen LogP contribution in [0.3, 0.4) is 0 Å². The van der Waals surface area contributed by atoms with Crippen molar-refractivity contribution in [3.63, 3.8) is 0 Å². The van der Waals surface area contributed by atoms with Gasteiger partial charge in [0.25, 0.3) is 0 Å². The van der Waals surface area contributed by atoms with Crippen molar-refractivity contribution in [1.82, 2.24) is 0 Å². The monoisotopic (exact) mass is 296 g/mol. The van der Waals surface area contributed by atoms with Crippen LogP contribution >= 0.6 is 0 Å². The first-order chi connectivity index (χ1) is 10.6. The highest BCUT2D eigenvalue weighted by Crippen LogP contribution is 2.61. The van der Waals surface area contributed by atoms with E-state index in [9.17, 15) is 0 Å². The second-order valence-corrected chi connectivity index (χ2v) is 8.66. The van der Waals surface area contributed by atoms with Crippen molar-refractivity contribution in [2.45, 2.75) is 71.9 Å². The first kappa shape index (κ1) is 16.2. The molecule has 1 aliphatic heterocycles. The van der Waals surface area contributed by atoms with Crippen molar-refractivity contribution in [3.05, 3.63) is 30.3 Å². The van der Waals surface area contributed by atoms with Gasteiger partial charge in [0.2, 0.25) is 0 Å². The van der Waals surface area contributed by atoms with E-state index in [1.54, 1.807) is 5.46 Å². The van der Waals surface area contributed by atoms with Crippen LogP contribution in [-0.4, -0.2) is 6.71 Å².